The first-order chi connectivity index (χ1) is 7.75. The highest BCUT2D eigenvalue weighted by Crippen LogP contribution is 2.01. The fraction of sp³-hybridized carbons (Fsp3) is 0.308. The highest BCUT2D eigenvalue weighted by molar-refractivity contribution is 5.13. The van der Waals surface area contributed by atoms with Crippen molar-refractivity contribution in [2.24, 2.45) is 7.05 Å². The second kappa shape index (κ2) is 4.94. The van der Waals surface area contributed by atoms with E-state index in [0.717, 1.165) is 18.8 Å². The van der Waals surface area contributed by atoms with Gasteiger partial charge in [0.15, 0.2) is 0 Å². The van der Waals surface area contributed by atoms with Crippen LogP contribution in [0.4, 0.5) is 0 Å². The molecule has 2 aromatic heterocycles. The number of hydrogen-bond acceptors (Lipinski definition) is 2. The van der Waals surface area contributed by atoms with Gasteiger partial charge in [0.05, 0.1) is 0 Å². The molecule has 2 rings (SSSR count). The van der Waals surface area contributed by atoms with Crippen LogP contribution in [0.1, 0.15) is 17.0 Å². The Bertz CT molecular complexity index is 442. The molecule has 0 fully saturated rings. The molecule has 0 aromatic carbocycles. The maximum Gasteiger partial charge on any atom is 0.0372 e. The summed E-state index contributed by atoms with van der Waals surface area (Å²) in [5.41, 5.74) is 3.58. The van der Waals surface area contributed by atoms with Crippen LogP contribution in [-0.2, 0) is 20.1 Å². The Morgan fingerprint density at radius 3 is 2.75 bits per heavy atom. The second-order valence-corrected chi connectivity index (χ2v) is 4.02. The molecule has 84 valence electrons. The van der Waals surface area contributed by atoms with Gasteiger partial charge in [-0.1, -0.05) is 6.07 Å². The lowest BCUT2D eigenvalue weighted by atomic mass is 10.2. The molecule has 0 bridgehead atoms. The first-order valence-electron chi connectivity index (χ1n) is 5.48. The van der Waals surface area contributed by atoms with Crippen LogP contribution in [-0.4, -0.2) is 9.55 Å². The lowest BCUT2D eigenvalue weighted by Gasteiger charge is -2.06. The smallest absolute Gasteiger partial charge is 0.0372 e. The predicted molar refractivity (Wildman–Crippen MR) is 64.9 cm³/mol. The number of nitrogens with one attached hydrogen (secondary N) is 1. The Balaban J connectivity index is 1.84. The Morgan fingerprint density at radius 2 is 2.12 bits per heavy atom. The Hall–Kier alpha value is -1.61. The van der Waals surface area contributed by atoms with Gasteiger partial charge in [-0.2, -0.15) is 0 Å². The molecular weight excluding hydrogens is 198 g/mol. The molecule has 16 heavy (non-hydrogen) atoms. The molecule has 2 heterocycles. The molecule has 3 nitrogen and oxygen atoms in total. The first-order valence-corrected chi connectivity index (χ1v) is 5.48. The molecule has 1 N–H and O–H groups in total. The van der Waals surface area contributed by atoms with Crippen molar-refractivity contribution < 1.29 is 0 Å². The SMILES string of the molecule is Cc1ccc(CNCc2cccn2C)cn1. The van der Waals surface area contributed by atoms with E-state index in [2.05, 4.69) is 46.3 Å². The van der Waals surface area contributed by atoms with Crippen LogP contribution in [0.5, 0.6) is 0 Å². The van der Waals surface area contributed by atoms with Crippen LogP contribution >= 0.6 is 0 Å². The number of aryl methyl sites for hydroxylation is 2. The standard InChI is InChI=1S/C13H17N3/c1-11-5-6-12(9-15-11)8-14-10-13-4-3-7-16(13)2/h3-7,9,14H,8,10H2,1-2H3. The minimum Gasteiger partial charge on any atom is -0.353 e. The van der Waals surface area contributed by atoms with Gasteiger partial charge in [0.2, 0.25) is 0 Å². The van der Waals surface area contributed by atoms with Gasteiger partial charge in [0.1, 0.15) is 0 Å². The molecule has 0 atom stereocenters. The van der Waals surface area contributed by atoms with Gasteiger partial charge in [-0.3, -0.25) is 4.98 Å². The van der Waals surface area contributed by atoms with Gasteiger partial charge in [0, 0.05) is 43.9 Å². The summed E-state index contributed by atoms with van der Waals surface area (Å²) in [6, 6.07) is 8.34. The number of pyridine rings is 1. The fourth-order valence-corrected chi connectivity index (χ4v) is 1.62. The van der Waals surface area contributed by atoms with E-state index in [9.17, 15) is 0 Å². The molecule has 0 spiro atoms. The van der Waals surface area contributed by atoms with Gasteiger partial charge < -0.3 is 9.88 Å². The molecule has 3 heteroatoms. The summed E-state index contributed by atoms with van der Waals surface area (Å²) < 4.78 is 2.13. The van der Waals surface area contributed by atoms with Crippen molar-refractivity contribution in [2.75, 3.05) is 0 Å². The molecule has 0 unspecified atom stereocenters. The van der Waals surface area contributed by atoms with Crippen LogP contribution in [0, 0.1) is 6.92 Å². The van der Waals surface area contributed by atoms with Crippen molar-refractivity contribution in [1.82, 2.24) is 14.9 Å². The van der Waals surface area contributed by atoms with Crippen LogP contribution in [0.3, 0.4) is 0 Å². The highest BCUT2D eigenvalue weighted by Gasteiger charge is 1.97. The van der Waals surface area contributed by atoms with Crippen LogP contribution in [0.15, 0.2) is 36.7 Å². The number of rotatable bonds is 4. The van der Waals surface area contributed by atoms with Crippen LogP contribution < -0.4 is 5.32 Å². The monoisotopic (exact) mass is 215 g/mol. The van der Waals surface area contributed by atoms with Crippen LogP contribution in [0.25, 0.3) is 0 Å². The summed E-state index contributed by atoms with van der Waals surface area (Å²) in [4.78, 5) is 4.27. The minimum absolute atomic E-state index is 0.860. The Kier molecular flexibility index (Phi) is 3.37. The summed E-state index contributed by atoms with van der Waals surface area (Å²) in [6.07, 6.45) is 3.98. The average molecular weight is 215 g/mol. The fourth-order valence-electron chi connectivity index (χ4n) is 1.62. The number of hydrogen-bond donors (Lipinski definition) is 1. The number of aromatic nitrogens is 2. The normalized spacial score (nSPS) is 10.6. The molecule has 0 aliphatic carbocycles. The zero-order valence-corrected chi connectivity index (χ0v) is 9.77. The van der Waals surface area contributed by atoms with E-state index in [1.54, 1.807) is 0 Å². The van der Waals surface area contributed by atoms with E-state index in [4.69, 9.17) is 0 Å². The predicted octanol–water partition coefficient (Wildman–Crippen LogP) is 2.02. The van der Waals surface area contributed by atoms with Crippen molar-refractivity contribution in [3.63, 3.8) is 0 Å². The lowest BCUT2D eigenvalue weighted by molar-refractivity contribution is 0.654. The zero-order valence-electron chi connectivity index (χ0n) is 9.77. The van der Waals surface area contributed by atoms with Gasteiger partial charge in [0.25, 0.3) is 0 Å². The van der Waals surface area contributed by atoms with Crippen molar-refractivity contribution in [1.29, 1.82) is 0 Å². The largest absolute Gasteiger partial charge is 0.353 e. The van der Waals surface area contributed by atoms with E-state index in [1.165, 1.54) is 11.3 Å². The van der Waals surface area contributed by atoms with E-state index in [-0.39, 0.29) is 0 Å². The Morgan fingerprint density at radius 1 is 1.25 bits per heavy atom. The third-order valence-corrected chi connectivity index (χ3v) is 2.66. The lowest BCUT2D eigenvalue weighted by Crippen LogP contribution is -2.14. The molecule has 0 saturated carbocycles. The molecule has 0 aliphatic rings. The third kappa shape index (κ3) is 2.70. The van der Waals surface area contributed by atoms with E-state index < -0.39 is 0 Å². The highest BCUT2D eigenvalue weighted by atomic mass is 15.0. The molecular formula is C13H17N3. The van der Waals surface area contributed by atoms with Crippen molar-refractivity contribution in [3.05, 3.63) is 53.6 Å². The van der Waals surface area contributed by atoms with Gasteiger partial charge in [-0.05, 0) is 30.7 Å². The van der Waals surface area contributed by atoms with Crippen molar-refractivity contribution >= 4 is 0 Å². The van der Waals surface area contributed by atoms with Gasteiger partial charge in [-0.25, -0.2) is 0 Å². The van der Waals surface area contributed by atoms with E-state index in [0.29, 0.717) is 0 Å². The summed E-state index contributed by atoms with van der Waals surface area (Å²) >= 11 is 0. The van der Waals surface area contributed by atoms with Crippen molar-refractivity contribution in [3.8, 4) is 0 Å². The topological polar surface area (TPSA) is 29.9 Å². The van der Waals surface area contributed by atoms with E-state index >= 15 is 0 Å². The zero-order chi connectivity index (χ0) is 11.4. The summed E-state index contributed by atoms with van der Waals surface area (Å²) in [5.74, 6) is 0. The van der Waals surface area contributed by atoms with Gasteiger partial charge in [-0.15, -0.1) is 0 Å². The van der Waals surface area contributed by atoms with E-state index in [1.807, 2.05) is 19.2 Å². The van der Waals surface area contributed by atoms with Gasteiger partial charge >= 0.3 is 0 Å². The summed E-state index contributed by atoms with van der Waals surface area (Å²) in [6.45, 7) is 3.75. The molecule has 2 aromatic rings. The molecule has 0 amide bonds. The molecule has 0 aliphatic heterocycles. The maximum absolute atomic E-state index is 4.27. The summed E-state index contributed by atoms with van der Waals surface area (Å²) in [7, 11) is 2.06. The molecule has 0 saturated heterocycles. The first kappa shape index (κ1) is 10.9. The third-order valence-electron chi connectivity index (χ3n) is 2.66. The quantitative estimate of drug-likeness (QED) is 0.845. The minimum atomic E-state index is 0.860. The average Bonchev–Trinajstić information content (AvgIpc) is 2.68. The molecule has 0 radical (unpaired) electrons. The summed E-state index contributed by atoms with van der Waals surface area (Å²) in [5, 5.41) is 3.40. The number of nitrogens with zero attached hydrogens (tertiary/aromatic N) is 2. The van der Waals surface area contributed by atoms with Crippen molar-refractivity contribution in [2.45, 2.75) is 20.0 Å². The Labute approximate surface area is 96.1 Å². The van der Waals surface area contributed by atoms with Crippen LogP contribution in [0.2, 0.25) is 0 Å². The second-order valence-electron chi connectivity index (χ2n) is 4.02. The maximum atomic E-state index is 4.27.